The van der Waals surface area contributed by atoms with Gasteiger partial charge in [0.1, 0.15) is 0 Å². The summed E-state index contributed by atoms with van der Waals surface area (Å²) in [7, 11) is 0. The Kier molecular flexibility index (Phi) is 3.39. The highest BCUT2D eigenvalue weighted by Gasteiger charge is 2.14. The molecule has 0 fully saturated rings. The van der Waals surface area contributed by atoms with Crippen LogP contribution in [0.4, 0.5) is 0 Å². The zero-order valence-corrected chi connectivity index (χ0v) is 13.9. The number of rotatable bonds is 1. The van der Waals surface area contributed by atoms with Crippen LogP contribution in [0, 0.1) is 6.92 Å². The number of imidazole rings is 1. The monoisotopic (exact) mass is 330 g/mol. The number of benzene rings is 1. The molecule has 0 unspecified atom stereocenters. The van der Waals surface area contributed by atoms with E-state index < -0.39 is 0 Å². The molecule has 22 heavy (non-hydrogen) atoms. The van der Waals surface area contributed by atoms with E-state index in [0.717, 1.165) is 22.5 Å². The summed E-state index contributed by atoms with van der Waals surface area (Å²) in [6.07, 6.45) is 8.81. The molecule has 2 nitrogen and oxygen atoms in total. The lowest BCUT2D eigenvalue weighted by molar-refractivity contribution is 0.686. The molecule has 2 heterocycles. The smallest absolute Gasteiger partial charge is 0.156 e. The molecule has 1 aliphatic rings. The van der Waals surface area contributed by atoms with Gasteiger partial charge in [-0.05, 0) is 55.4 Å². The maximum absolute atomic E-state index is 6.38. The molecule has 1 aliphatic carbocycles. The molecule has 0 aliphatic heterocycles. The minimum atomic E-state index is 0.622. The van der Waals surface area contributed by atoms with Gasteiger partial charge < -0.3 is 4.40 Å². The zero-order chi connectivity index (χ0) is 15.3. The lowest BCUT2D eigenvalue weighted by atomic mass is 9.90. The summed E-state index contributed by atoms with van der Waals surface area (Å²) in [5, 5.41) is 1.28. The summed E-state index contributed by atoms with van der Waals surface area (Å²) in [5.41, 5.74) is 6.66. The van der Waals surface area contributed by atoms with Gasteiger partial charge in [-0.25, -0.2) is 4.98 Å². The molecule has 112 valence electrons. The van der Waals surface area contributed by atoms with Gasteiger partial charge in [-0.2, -0.15) is 0 Å². The third-order valence-electron chi connectivity index (χ3n) is 4.51. The van der Waals surface area contributed by atoms with Gasteiger partial charge in [0.25, 0.3) is 0 Å². The number of pyridine rings is 1. The number of hydrogen-bond donors (Lipinski definition) is 0. The van der Waals surface area contributed by atoms with E-state index in [-0.39, 0.29) is 0 Å². The van der Waals surface area contributed by atoms with E-state index >= 15 is 0 Å². The normalized spacial score (nSPS) is 14.3. The Bertz CT molecular complexity index is 880. The molecule has 4 rings (SSSR count). The lowest BCUT2D eigenvalue weighted by Gasteiger charge is -2.15. The van der Waals surface area contributed by atoms with E-state index in [2.05, 4.69) is 18.2 Å². The van der Waals surface area contributed by atoms with Gasteiger partial charge in [0.05, 0.1) is 15.7 Å². The van der Waals surface area contributed by atoms with E-state index in [1.165, 1.54) is 36.8 Å². The molecular weight excluding hydrogens is 315 g/mol. The Morgan fingerprint density at radius 2 is 1.82 bits per heavy atom. The Morgan fingerprint density at radius 1 is 1.05 bits per heavy atom. The predicted molar refractivity (Wildman–Crippen MR) is 92.0 cm³/mol. The highest BCUT2D eigenvalue weighted by atomic mass is 35.5. The second-order valence-electron chi connectivity index (χ2n) is 5.96. The fourth-order valence-corrected chi connectivity index (χ4v) is 3.67. The third kappa shape index (κ3) is 2.22. The number of nitrogens with zero attached hydrogens (tertiary/aromatic N) is 2. The van der Waals surface area contributed by atoms with E-state index in [1.54, 1.807) is 0 Å². The second kappa shape index (κ2) is 5.29. The van der Waals surface area contributed by atoms with Gasteiger partial charge in [-0.1, -0.05) is 35.3 Å². The average molecular weight is 331 g/mol. The molecule has 0 saturated heterocycles. The molecule has 1 aromatic carbocycles. The Morgan fingerprint density at radius 3 is 2.64 bits per heavy atom. The van der Waals surface area contributed by atoms with Gasteiger partial charge in [-0.15, -0.1) is 0 Å². The van der Waals surface area contributed by atoms with Crippen molar-refractivity contribution in [3.05, 3.63) is 57.3 Å². The van der Waals surface area contributed by atoms with Crippen molar-refractivity contribution in [1.29, 1.82) is 0 Å². The largest absolute Gasteiger partial charge is 0.304 e. The first-order valence-corrected chi connectivity index (χ1v) is 8.34. The molecule has 2 aromatic heterocycles. The lowest BCUT2D eigenvalue weighted by Crippen LogP contribution is -2.02. The summed E-state index contributed by atoms with van der Waals surface area (Å²) < 4.78 is 1.91. The summed E-state index contributed by atoms with van der Waals surface area (Å²) in [4.78, 5) is 4.71. The van der Waals surface area contributed by atoms with Crippen molar-refractivity contribution in [2.45, 2.75) is 32.6 Å². The Labute approximate surface area is 139 Å². The molecule has 4 heteroatoms. The van der Waals surface area contributed by atoms with Gasteiger partial charge in [-0.3, -0.25) is 0 Å². The van der Waals surface area contributed by atoms with Crippen LogP contribution in [0.5, 0.6) is 0 Å². The standard InChI is InChI=1S/C18H16Cl2N2/c1-11-15(19)9-22-10-16(21-18(22)17(11)20)14-7-6-12-4-2-3-5-13(12)8-14/h6-10H,2-5H2,1H3. The Hall–Kier alpha value is -1.51. The summed E-state index contributed by atoms with van der Waals surface area (Å²) in [6.45, 7) is 1.91. The minimum absolute atomic E-state index is 0.622. The van der Waals surface area contributed by atoms with Crippen LogP contribution in [0.15, 0.2) is 30.6 Å². The second-order valence-corrected chi connectivity index (χ2v) is 6.75. The molecule has 0 atom stereocenters. The fourth-order valence-electron chi connectivity index (χ4n) is 3.18. The van der Waals surface area contributed by atoms with Crippen LogP contribution < -0.4 is 0 Å². The minimum Gasteiger partial charge on any atom is -0.304 e. The third-order valence-corrected chi connectivity index (χ3v) is 5.35. The van der Waals surface area contributed by atoms with Gasteiger partial charge in [0.2, 0.25) is 0 Å². The molecule has 0 saturated carbocycles. The number of aryl methyl sites for hydroxylation is 2. The van der Waals surface area contributed by atoms with Crippen LogP contribution in [0.3, 0.4) is 0 Å². The number of fused-ring (bicyclic) bond motifs is 2. The first-order valence-electron chi connectivity index (χ1n) is 7.59. The molecule has 3 aromatic rings. The molecule has 0 N–H and O–H groups in total. The van der Waals surface area contributed by atoms with Crippen molar-refractivity contribution in [2.24, 2.45) is 0 Å². The van der Waals surface area contributed by atoms with E-state index in [0.29, 0.717) is 10.0 Å². The molecule has 0 bridgehead atoms. The van der Waals surface area contributed by atoms with Crippen molar-refractivity contribution in [2.75, 3.05) is 0 Å². The van der Waals surface area contributed by atoms with Crippen molar-refractivity contribution in [1.82, 2.24) is 9.38 Å². The van der Waals surface area contributed by atoms with Crippen molar-refractivity contribution < 1.29 is 0 Å². The van der Waals surface area contributed by atoms with Crippen LogP contribution in [0.1, 0.15) is 29.5 Å². The van der Waals surface area contributed by atoms with E-state index in [1.807, 2.05) is 23.7 Å². The fraction of sp³-hybridized carbons (Fsp3) is 0.278. The highest BCUT2D eigenvalue weighted by Crippen LogP contribution is 2.31. The molecular formula is C18H16Cl2N2. The van der Waals surface area contributed by atoms with Crippen molar-refractivity contribution in [3.63, 3.8) is 0 Å². The molecule has 0 radical (unpaired) electrons. The van der Waals surface area contributed by atoms with E-state index in [4.69, 9.17) is 28.2 Å². The summed E-state index contributed by atoms with van der Waals surface area (Å²) in [5.74, 6) is 0. The number of halogens is 2. The summed E-state index contributed by atoms with van der Waals surface area (Å²) >= 11 is 12.6. The van der Waals surface area contributed by atoms with Crippen LogP contribution in [-0.2, 0) is 12.8 Å². The van der Waals surface area contributed by atoms with Crippen LogP contribution in [-0.4, -0.2) is 9.38 Å². The Balaban J connectivity index is 1.86. The predicted octanol–water partition coefficient (Wildman–Crippen LogP) is 5.50. The van der Waals surface area contributed by atoms with E-state index in [9.17, 15) is 0 Å². The van der Waals surface area contributed by atoms with Crippen LogP contribution in [0.25, 0.3) is 16.9 Å². The first-order chi connectivity index (χ1) is 10.6. The van der Waals surface area contributed by atoms with Crippen LogP contribution >= 0.6 is 23.2 Å². The quantitative estimate of drug-likeness (QED) is 0.576. The van der Waals surface area contributed by atoms with Crippen LogP contribution in [0.2, 0.25) is 10.0 Å². The maximum atomic E-state index is 6.38. The number of hydrogen-bond acceptors (Lipinski definition) is 1. The SMILES string of the molecule is Cc1c(Cl)cn2cc(-c3ccc4c(c3)CCCC4)nc2c1Cl. The highest BCUT2D eigenvalue weighted by molar-refractivity contribution is 6.37. The van der Waals surface area contributed by atoms with Crippen molar-refractivity contribution in [3.8, 4) is 11.3 Å². The first kappa shape index (κ1) is 14.1. The van der Waals surface area contributed by atoms with Gasteiger partial charge in [0, 0.05) is 18.0 Å². The summed E-state index contributed by atoms with van der Waals surface area (Å²) in [6, 6.07) is 6.68. The topological polar surface area (TPSA) is 17.3 Å². The molecule has 0 spiro atoms. The van der Waals surface area contributed by atoms with Crippen molar-refractivity contribution >= 4 is 28.8 Å². The molecule has 0 amide bonds. The van der Waals surface area contributed by atoms with Gasteiger partial charge >= 0.3 is 0 Å². The maximum Gasteiger partial charge on any atom is 0.156 e. The zero-order valence-electron chi connectivity index (χ0n) is 12.4. The van der Waals surface area contributed by atoms with Gasteiger partial charge in [0.15, 0.2) is 5.65 Å². The number of aromatic nitrogens is 2. The average Bonchev–Trinajstić information content (AvgIpc) is 2.96.